The SMILES string of the molecule is CC(NC(=O)CCN1C(=O)C=CC1=O)C(=O)NCC(=O)Nc1ccc(CON=O)cc1. The molecule has 31 heavy (non-hydrogen) atoms. The van der Waals surface area contributed by atoms with E-state index < -0.39 is 35.6 Å². The van der Waals surface area contributed by atoms with Gasteiger partial charge in [0, 0.05) is 30.8 Å². The van der Waals surface area contributed by atoms with E-state index in [0.29, 0.717) is 11.3 Å². The molecule has 0 aromatic heterocycles. The first-order valence-electron chi connectivity index (χ1n) is 9.24. The maximum Gasteiger partial charge on any atom is 0.253 e. The van der Waals surface area contributed by atoms with E-state index in [4.69, 9.17) is 0 Å². The van der Waals surface area contributed by atoms with Gasteiger partial charge in [0.25, 0.3) is 11.8 Å². The summed E-state index contributed by atoms with van der Waals surface area (Å²) in [6.45, 7) is 1.04. The Labute approximate surface area is 176 Å². The van der Waals surface area contributed by atoms with Crippen molar-refractivity contribution in [1.29, 1.82) is 0 Å². The van der Waals surface area contributed by atoms with Gasteiger partial charge in [0.15, 0.2) is 5.34 Å². The lowest BCUT2D eigenvalue weighted by atomic mass is 10.2. The highest BCUT2D eigenvalue weighted by molar-refractivity contribution is 6.13. The van der Waals surface area contributed by atoms with Crippen molar-refractivity contribution in [2.75, 3.05) is 18.4 Å². The fraction of sp³-hybridized carbons (Fsp3) is 0.316. The zero-order valence-electron chi connectivity index (χ0n) is 16.6. The van der Waals surface area contributed by atoms with Crippen LogP contribution in [0.1, 0.15) is 18.9 Å². The van der Waals surface area contributed by atoms with Crippen molar-refractivity contribution < 1.29 is 28.8 Å². The summed E-state index contributed by atoms with van der Waals surface area (Å²) in [6.07, 6.45) is 2.09. The first-order valence-corrected chi connectivity index (χ1v) is 9.24. The van der Waals surface area contributed by atoms with Crippen molar-refractivity contribution in [1.82, 2.24) is 15.5 Å². The quantitative estimate of drug-likeness (QED) is 0.247. The summed E-state index contributed by atoms with van der Waals surface area (Å²) in [4.78, 5) is 74.0. The average Bonchev–Trinajstić information content (AvgIpc) is 3.07. The number of anilines is 1. The Kier molecular flexibility index (Phi) is 8.37. The number of amides is 5. The van der Waals surface area contributed by atoms with Gasteiger partial charge >= 0.3 is 0 Å². The minimum atomic E-state index is -0.922. The fourth-order valence-corrected chi connectivity index (χ4v) is 2.55. The molecule has 0 saturated carbocycles. The molecular formula is C19H21N5O7. The van der Waals surface area contributed by atoms with Gasteiger partial charge in [-0.1, -0.05) is 12.1 Å². The molecule has 164 valence electrons. The number of hydrogen-bond acceptors (Lipinski definition) is 8. The molecule has 1 atom stereocenters. The normalized spacial score (nSPS) is 13.5. The molecule has 1 unspecified atom stereocenters. The molecule has 1 heterocycles. The van der Waals surface area contributed by atoms with Gasteiger partial charge in [0.05, 0.1) is 6.54 Å². The van der Waals surface area contributed by atoms with Gasteiger partial charge in [-0.3, -0.25) is 28.9 Å². The molecule has 0 saturated heterocycles. The molecule has 2 rings (SSSR count). The van der Waals surface area contributed by atoms with Crippen LogP contribution in [-0.2, 0) is 35.4 Å². The van der Waals surface area contributed by atoms with Gasteiger partial charge in [-0.15, -0.1) is 4.91 Å². The van der Waals surface area contributed by atoms with E-state index in [1.54, 1.807) is 24.3 Å². The predicted molar refractivity (Wildman–Crippen MR) is 107 cm³/mol. The van der Waals surface area contributed by atoms with Crippen LogP contribution in [0.3, 0.4) is 0 Å². The van der Waals surface area contributed by atoms with Crippen molar-refractivity contribution in [2.45, 2.75) is 26.0 Å². The van der Waals surface area contributed by atoms with Crippen molar-refractivity contribution in [3.63, 3.8) is 0 Å². The van der Waals surface area contributed by atoms with Crippen LogP contribution in [0.4, 0.5) is 5.69 Å². The van der Waals surface area contributed by atoms with E-state index >= 15 is 0 Å². The molecular weight excluding hydrogens is 410 g/mol. The van der Waals surface area contributed by atoms with Crippen LogP contribution < -0.4 is 16.0 Å². The molecule has 1 aliphatic rings. The first kappa shape index (κ1) is 23.2. The summed E-state index contributed by atoms with van der Waals surface area (Å²) in [6, 6.07) is 5.54. The molecule has 0 fully saturated rings. The molecule has 1 aromatic carbocycles. The topological polar surface area (TPSA) is 163 Å². The van der Waals surface area contributed by atoms with E-state index in [1.807, 2.05) is 0 Å². The van der Waals surface area contributed by atoms with Crippen LogP contribution in [0.25, 0.3) is 0 Å². The third-order valence-corrected chi connectivity index (χ3v) is 4.18. The van der Waals surface area contributed by atoms with E-state index in [2.05, 4.69) is 26.1 Å². The van der Waals surface area contributed by atoms with Gasteiger partial charge in [-0.25, -0.2) is 0 Å². The molecule has 12 nitrogen and oxygen atoms in total. The number of imide groups is 1. The Morgan fingerprint density at radius 3 is 2.32 bits per heavy atom. The molecule has 0 radical (unpaired) electrons. The lowest BCUT2D eigenvalue weighted by Crippen LogP contribution is -2.47. The Hall–Kier alpha value is -4.09. The summed E-state index contributed by atoms with van der Waals surface area (Å²) >= 11 is 0. The number of carbonyl (C=O) groups excluding carboxylic acids is 5. The number of hydrogen-bond donors (Lipinski definition) is 3. The molecule has 0 aliphatic carbocycles. The van der Waals surface area contributed by atoms with Gasteiger partial charge in [0.2, 0.25) is 17.7 Å². The summed E-state index contributed by atoms with van der Waals surface area (Å²) < 4.78 is 0. The number of benzene rings is 1. The molecule has 1 aliphatic heterocycles. The van der Waals surface area contributed by atoms with Crippen molar-refractivity contribution >= 4 is 35.2 Å². The van der Waals surface area contributed by atoms with E-state index in [1.165, 1.54) is 6.92 Å². The van der Waals surface area contributed by atoms with Crippen LogP contribution in [0.5, 0.6) is 0 Å². The largest absolute Gasteiger partial charge is 0.359 e. The van der Waals surface area contributed by atoms with Crippen LogP contribution in [-0.4, -0.2) is 53.6 Å². The molecule has 3 N–H and O–H groups in total. The lowest BCUT2D eigenvalue weighted by molar-refractivity contribution is -0.137. The number of rotatable bonds is 11. The fourth-order valence-electron chi connectivity index (χ4n) is 2.55. The van der Waals surface area contributed by atoms with Gasteiger partial charge in [0.1, 0.15) is 12.6 Å². The Bertz CT molecular complexity index is 879. The van der Waals surface area contributed by atoms with Crippen molar-refractivity contribution in [2.24, 2.45) is 5.34 Å². The maximum atomic E-state index is 12.1. The second kappa shape index (κ2) is 11.2. The molecule has 1 aromatic rings. The molecule has 5 amide bonds. The highest BCUT2D eigenvalue weighted by atomic mass is 16.7. The lowest BCUT2D eigenvalue weighted by Gasteiger charge is -2.16. The summed E-state index contributed by atoms with van der Waals surface area (Å²) in [5, 5.41) is 9.70. The van der Waals surface area contributed by atoms with E-state index in [-0.39, 0.29) is 26.1 Å². The third-order valence-electron chi connectivity index (χ3n) is 4.18. The van der Waals surface area contributed by atoms with E-state index in [9.17, 15) is 28.9 Å². The Morgan fingerprint density at radius 1 is 1.06 bits per heavy atom. The predicted octanol–water partition coefficient (Wildman–Crippen LogP) is -0.241. The van der Waals surface area contributed by atoms with Crippen LogP contribution in [0.2, 0.25) is 0 Å². The number of nitrogens with zero attached hydrogens (tertiary/aromatic N) is 2. The zero-order valence-corrected chi connectivity index (χ0v) is 16.6. The van der Waals surface area contributed by atoms with Gasteiger partial charge in [-0.2, -0.15) is 0 Å². The minimum absolute atomic E-state index is 0.0128. The summed E-state index contributed by atoms with van der Waals surface area (Å²) in [7, 11) is 0. The highest BCUT2D eigenvalue weighted by Gasteiger charge is 2.24. The van der Waals surface area contributed by atoms with Crippen LogP contribution in [0, 0.1) is 4.91 Å². The maximum absolute atomic E-state index is 12.1. The van der Waals surface area contributed by atoms with Gasteiger partial charge in [-0.05, 0) is 24.6 Å². The Balaban J connectivity index is 1.68. The second-order valence-corrected chi connectivity index (χ2v) is 6.51. The monoisotopic (exact) mass is 431 g/mol. The molecule has 0 bridgehead atoms. The van der Waals surface area contributed by atoms with Crippen LogP contribution >= 0.6 is 0 Å². The van der Waals surface area contributed by atoms with Gasteiger partial charge < -0.3 is 20.8 Å². The first-order chi connectivity index (χ1) is 14.8. The average molecular weight is 431 g/mol. The highest BCUT2D eigenvalue weighted by Crippen LogP contribution is 2.10. The summed E-state index contributed by atoms with van der Waals surface area (Å²) in [5.74, 6) is -2.56. The number of carbonyl (C=O) groups is 5. The Morgan fingerprint density at radius 2 is 1.71 bits per heavy atom. The third kappa shape index (κ3) is 7.34. The zero-order chi connectivity index (χ0) is 22.8. The second-order valence-electron chi connectivity index (χ2n) is 6.51. The molecule has 12 heteroatoms. The minimum Gasteiger partial charge on any atom is -0.359 e. The van der Waals surface area contributed by atoms with Crippen molar-refractivity contribution in [3.05, 3.63) is 46.9 Å². The standard InChI is InChI=1S/C19H21N5O7/c1-12(21-15(25)8-9-24-17(27)6-7-18(24)28)19(29)20-10-16(26)22-14-4-2-13(3-5-14)11-31-23-30/h2-7,12H,8-11H2,1H3,(H,20,29)(H,21,25)(H,22,26). The summed E-state index contributed by atoms with van der Waals surface area (Å²) in [5.41, 5.74) is 1.16. The smallest absolute Gasteiger partial charge is 0.253 e. The van der Waals surface area contributed by atoms with Crippen molar-refractivity contribution in [3.8, 4) is 0 Å². The van der Waals surface area contributed by atoms with E-state index in [0.717, 1.165) is 17.1 Å². The number of nitrogens with one attached hydrogen (secondary N) is 3. The van der Waals surface area contributed by atoms with Crippen LogP contribution in [0.15, 0.2) is 41.8 Å². The molecule has 0 spiro atoms.